The van der Waals surface area contributed by atoms with Crippen LogP contribution >= 0.6 is 0 Å². The minimum absolute atomic E-state index is 0.206. The number of fused-ring (bicyclic) bond motifs is 1. The molecule has 2 nitrogen and oxygen atoms in total. The highest BCUT2D eigenvalue weighted by molar-refractivity contribution is 5.45. The molecule has 0 N–H and O–H groups in total. The van der Waals surface area contributed by atoms with Crippen LogP contribution in [-0.4, -0.2) is 6.08 Å². The van der Waals surface area contributed by atoms with Crippen LogP contribution in [0.25, 0.3) is 0 Å². The zero-order valence-electron chi connectivity index (χ0n) is 9.49. The fourth-order valence-electron chi connectivity index (χ4n) is 2.80. The molecule has 16 heavy (non-hydrogen) atoms. The molecule has 1 unspecified atom stereocenters. The Hall–Kier alpha value is -1.40. The molecule has 0 amide bonds. The Kier molecular flexibility index (Phi) is 2.02. The van der Waals surface area contributed by atoms with E-state index in [-0.39, 0.29) is 5.54 Å². The van der Waals surface area contributed by atoms with Gasteiger partial charge in [0, 0.05) is 0 Å². The van der Waals surface area contributed by atoms with E-state index in [1.165, 1.54) is 29.5 Å². The molecule has 82 valence electrons. The van der Waals surface area contributed by atoms with Crippen molar-refractivity contribution in [2.45, 2.75) is 38.1 Å². The fourth-order valence-corrected chi connectivity index (χ4v) is 2.80. The third-order valence-corrected chi connectivity index (χ3v) is 3.86. The maximum Gasteiger partial charge on any atom is 0.235 e. The molecule has 1 saturated carbocycles. The first-order chi connectivity index (χ1) is 7.73. The normalized spacial score (nSPS) is 24.7. The Morgan fingerprint density at radius 1 is 1.31 bits per heavy atom. The maximum atomic E-state index is 10.4. The van der Waals surface area contributed by atoms with Gasteiger partial charge in [-0.3, -0.25) is 0 Å². The molecule has 2 aliphatic carbocycles. The fraction of sp³-hybridized carbons (Fsp3) is 0.500. The Morgan fingerprint density at radius 3 is 2.75 bits per heavy atom. The first kappa shape index (κ1) is 9.80. The average molecular weight is 213 g/mol. The van der Waals surface area contributed by atoms with E-state index in [9.17, 15) is 4.79 Å². The van der Waals surface area contributed by atoms with Crippen LogP contribution < -0.4 is 0 Å². The summed E-state index contributed by atoms with van der Waals surface area (Å²) in [5, 5.41) is 0. The Morgan fingerprint density at radius 2 is 2.06 bits per heavy atom. The van der Waals surface area contributed by atoms with Crippen molar-refractivity contribution in [3.05, 3.63) is 34.9 Å². The molecule has 1 fully saturated rings. The second-order valence-corrected chi connectivity index (χ2v) is 5.23. The summed E-state index contributed by atoms with van der Waals surface area (Å²) in [5.41, 5.74) is 3.94. The minimum Gasteiger partial charge on any atom is -0.211 e. The molecular formula is C14H15NO. The molecule has 1 aromatic carbocycles. The Bertz CT molecular complexity index is 482. The summed E-state index contributed by atoms with van der Waals surface area (Å²) in [4.78, 5) is 14.4. The van der Waals surface area contributed by atoms with Gasteiger partial charge in [0.25, 0.3) is 0 Å². The van der Waals surface area contributed by atoms with Crippen LogP contribution in [0.3, 0.4) is 0 Å². The zero-order valence-corrected chi connectivity index (χ0v) is 9.49. The first-order valence-corrected chi connectivity index (χ1v) is 5.95. The quantitative estimate of drug-likeness (QED) is 0.548. The summed E-state index contributed by atoms with van der Waals surface area (Å²) in [6.45, 7) is 2.29. The molecule has 0 saturated heterocycles. The number of rotatable bonds is 2. The molecule has 2 heteroatoms. The highest BCUT2D eigenvalue weighted by Crippen LogP contribution is 2.49. The molecule has 0 radical (unpaired) electrons. The van der Waals surface area contributed by atoms with Crippen molar-refractivity contribution in [1.82, 2.24) is 0 Å². The van der Waals surface area contributed by atoms with Gasteiger partial charge in [-0.15, -0.1) is 0 Å². The lowest BCUT2D eigenvalue weighted by atomic mass is 10.00. The van der Waals surface area contributed by atoms with Crippen LogP contribution in [0.15, 0.2) is 23.2 Å². The van der Waals surface area contributed by atoms with Gasteiger partial charge in [0.15, 0.2) is 0 Å². The molecule has 1 aromatic rings. The van der Waals surface area contributed by atoms with Crippen molar-refractivity contribution in [2.75, 3.05) is 0 Å². The molecule has 0 spiro atoms. The van der Waals surface area contributed by atoms with Crippen LogP contribution in [-0.2, 0) is 23.2 Å². The van der Waals surface area contributed by atoms with E-state index >= 15 is 0 Å². The summed E-state index contributed by atoms with van der Waals surface area (Å²) in [5.74, 6) is 0.759. The van der Waals surface area contributed by atoms with Crippen LogP contribution in [0, 0.1) is 5.92 Å². The smallest absolute Gasteiger partial charge is 0.211 e. The van der Waals surface area contributed by atoms with E-state index in [1.54, 1.807) is 6.08 Å². The number of hydrogen-bond acceptors (Lipinski definition) is 2. The third kappa shape index (κ3) is 1.42. The van der Waals surface area contributed by atoms with Gasteiger partial charge in [0.05, 0.1) is 5.54 Å². The van der Waals surface area contributed by atoms with E-state index in [1.807, 2.05) is 0 Å². The summed E-state index contributed by atoms with van der Waals surface area (Å²) in [6, 6.07) is 6.62. The molecule has 2 aliphatic rings. The van der Waals surface area contributed by atoms with Gasteiger partial charge in [0.1, 0.15) is 0 Å². The van der Waals surface area contributed by atoms with Gasteiger partial charge in [-0.1, -0.05) is 25.1 Å². The summed E-state index contributed by atoms with van der Waals surface area (Å²) < 4.78 is 0. The zero-order chi connectivity index (χ0) is 11.2. The lowest BCUT2D eigenvalue weighted by Crippen LogP contribution is -2.03. The first-order valence-electron chi connectivity index (χ1n) is 5.95. The van der Waals surface area contributed by atoms with Gasteiger partial charge < -0.3 is 0 Å². The molecule has 3 rings (SSSR count). The molecule has 0 bridgehead atoms. The van der Waals surface area contributed by atoms with Crippen molar-refractivity contribution in [3.8, 4) is 0 Å². The molecule has 0 aromatic heterocycles. The second-order valence-electron chi connectivity index (χ2n) is 5.23. The van der Waals surface area contributed by atoms with Gasteiger partial charge >= 0.3 is 0 Å². The lowest BCUT2D eigenvalue weighted by Gasteiger charge is -2.10. The van der Waals surface area contributed by atoms with E-state index in [0.717, 1.165) is 18.8 Å². The number of hydrogen-bond donors (Lipinski definition) is 0. The average Bonchev–Trinajstić information content (AvgIpc) is 2.93. The van der Waals surface area contributed by atoms with Crippen molar-refractivity contribution in [2.24, 2.45) is 10.9 Å². The number of nitrogens with zero attached hydrogens (tertiary/aromatic N) is 1. The minimum atomic E-state index is -0.206. The van der Waals surface area contributed by atoms with Gasteiger partial charge in [-0.05, 0) is 48.3 Å². The monoisotopic (exact) mass is 213 g/mol. The summed E-state index contributed by atoms with van der Waals surface area (Å²) >= 11 is 0. The van der Waals surface area contributed by atoms with Gasteiger partial charge in [-0.2, -0.15) is 4.99 Å². The van der Waals surface area contributed by atoms with Crippen molar-refractivity contribution in [1.29, 1.82) is 0 Å². The highest BCUT2D eigenvalue weighted by Gasteiger charge is 2.45. The third-order valence-electron chi connectivity index (χ3n) is 3.86. The number of carbonyl (C=O) groups excluding carboxylic acids is 1. The van der Waals surface area contributed by atoms with Crippen LogP contribution in [0.1, 0.15) is 36.5 Å². The van der Waals surface area contributed by atoms with E-state index < -0.39 is 0 Å². The topological polar surface area (TPSA) is 29.4 Å². The second kappa shape index (κ2) is 3.29. The summed E-state index contributed by atoms with van der Waals surface area (Å²) in [7, 11) is 0. The van der Waals surface area contributed by atoms with Crippen molar-refractivity contribution in [3.63, 3.8) is 0 Å². The van der Waals surface area contributed by atoms with Gasteiger partial charge in [0.2, 0.25) is 6.08 Å². The van der Waals surface area contributed by atoms with E-state index in [0.29, 0.717) is 0 Å². The highest BCUT2D eigenvalue weighted by atomic mass is 16.1. The van der Waals surface area contributed by atoms with E-state index in [2.05, 4.69) is 30.1 Å². The van der Waals surface area contributed by atoms with Crippen LogP contribution in [0.2, 0.25) is 0 Å². The Balaban J connectivity index is 2.00. The molecule has 1 atom stereocenters. The molecular weight excluding hydrogens is 198 g/mol. The molecule has 0 heterocycles. The largest absolute Gasteiger partial charge is 0.235 e. The molecule has 0 aliphatic heterocycles. The number of aliphatic imine (C=N–C) groups is 1. The Labute approximate surface area is 95.4 Å². The standard InChI is InChI=1S/C14H15NO/c1-10-6-11-2-3-13(8-12(11)7-10)14(4-5-14)15-9-16/h2-3,8,10H,4-7H2,1H3. The van der Waals surface area contributed by atoms with Crippen molar-refractivity contribution < 1.29 is 4.79 Å². The number of benzene rings is 1. The van der Waals surface area contributed by atoms with Crippen LogP contribution in [0.5, 0.6) is 0 Å². The van der Waals surface area contributed by atoms with Crippen molar-refractivity contribution >= 4 is 6.08 Å². The maximum absolute atomic E-state index is 10.4. The van der Waals surface area contributed by atoms with E-state index in [4.69, 9.17) is 0 Å². The SMILES string of the molecule is CC1Cc2ccc(C3(N=C=O)CC3)cc2C1. The lowest BCUT2D eigenvalue weighted by molar-refractivity contribution is 0.556. The van der Waals surface area contributed by atoms with Crippen LogP contribution in [0.4, 0.5) is 0 Å². The predicted octanol–water partition coefficient (Wildman–Crippen LogP) is 2.75. The summed E-state index contributed by atoms with van der Waals surface area (Å²) in [6.07, 6.45) is 6.08. The van der Waals surface area contributed by atoms with Gasteiger partial charge in [-0.25, -0.2) is 4.79 Å². The number of isocyanates is 1. The predicted molar refractivity (Wildman–Crippen MR) is 62.0 cm³/mol.